The number of hydrogen-bond donors (Lipinski definition) is 0. The van der Waals surface area contributed by atoms with E-state index in [0.29, 0.717) is 23.1 Å². The van der Waals surface area contributed by atoms with Crippen LogP contribution in [0.25, 0.3) is 5.69 Å². The first-order valence-corrected chi connectivity index (χ1v) is 7.98. The van der Waals surface area contributed by atoms with Crippen LogP contribution in [0, 0.1) is 12.7 Å². The Kier molecular flexibility index (Phi) is 4.10. The second-order valence-electron chi connectivity index (χ2n) is 6.07. The maximum atomic E-state index is 13.3. The van der Waals surface area contributed by atoms with Gasteiger partial charge >= 0.3 is 0 Å². The van der Waals surface area contributed by atoms with Gasteiger partial charge in [0.1, 0.15) is 5.82 Å². The summed E-state index contributed by atoms with van der Waals surface area (Å²) >= 11 is 5.82. The van der Waals surface area contributed by atoms with Gasteiger partial charge in [-0.25, -0.2) is 9.07 Å². The molecule has 122 valence electrons. The first-order chi connectivity index (χ1) is 10.9. The van der Waals surface area contributed by atoms with E-state index in [1.54, 1.807) is 13.0 Å². The van der Waals surface area contributed by atoms with Gasteiger partial charge in [0.05, 0.1) is 16.4 Å². The number of nitrogens with zero attached hydrogens (tertiary/aromatic N) is 4. The van der Waals surface area contributed by atoms with Crippen LogP contribution in [0.4, 0.5) is 4.39 Å². The summed E-state index contributed by atoms with van der Waals surface area (Å²) in [6, 6.07) is 4.70. The average Bonchev–Trinajstić information content (AvgIpc) is 3.23. The predicted octanol–water partition coefficient (Wildman–Crippen LogP) is 3.38. The van der Waals surface area contributed by atoms with Gasteiger partial charge < -0.3 is 4.90 Å². The molecule has 1 saturated carbocycles. The summed E-state index contributed by atoms with van der Waals surface area (Å²) in [5, 5.41) is 8.09. The molecule has 0 unspecified atom stereocenters. The van der Waals surface area contributed by atoms with Crippen molar-refractivity contribution in [3.8, 4) is 5.69 Å². The molecule has 7 heteroatoms. The molecule has 5 nitrogen and oxygen atoms in total. The Morgan fingerprint density at radius 3 is 2.70 bits per heavy atom. The third kappa shape index (κ3) is 2.95. The lowest BCUT2D eigenvalue weighted by Crippen LogP contribution is -2.39. The van der Waals surface area contributed by atoms with Crippen LogP contribution in [-0.2, 0) is 0 Å². The Balaban J connectivity index is 1.95. The second-order valence-corrected chi connectivity index (χ2v) is 6.48. The monoisotopic (exact) mass is 336 g/mol. The molecule has 1 aromatic carbocycles. The topological polar surface area (TPSA) is 51.0 Å². The summed E-state index contributed by atoms with van der Waals surface area (Å²) in [6.07, 6.45) is 2.06. The van der Waals surface area contributed by atoms with Crippen LogP contribution in [0.3, 0.4) is 0 Å². The summed E-state index contributed by atoms with van der Waals surface area (Å²) < 4.78 is 14.8. The quantitative estimate of drug-likeness (QED) is 0.860. The molecule has 0 aliphatic heterocycles. The zero-order valence-electron chi connectivity index (χ0n) is 13.3. The van der Waals surface area contributed by atoms with Crippen molar-refractivity contribution >= 4 is 17.5 Å². The van der Waals surface area contributed by atoms with E-state index in [0.717, 1.165) is 12.8 Å². The molecule has 0 spiro atoms. The van der Waals surface area contributed by atoms with E-state index in [-0.39, 0.29) is 17.0 Å². The van der Waals surface area contributed by atoms with E-state index >= 15 is 0 Å². The van der Waals surface area contributed by atoms with Crippen LogP contribution in [0.2, 0.25) is 5.02 Å². The first-order valence-electron chi connectivity index (χ1n) is 7.60. The Morgan fingerprint density at radius 1 is 1.43 bits per heavy atom. The molecule has 23 heavy (non-hydrogen) atoms. The molecule has 1 fully saturated rings. The van der Waals surface area contributed by atoms with Crippen molar-refractivity contribution in [2.24, 2.45) is 0 Å². The third-order valence-electron chi connectivity index (χ3n) is 3.98. The molecule has 0 N–H and O–H groups in total. The van der Waals surface area contributed by atoms with Crippen molar-refractivity contribution in [3.05, 3.63) is 40.4 Å². The Hall–Kier alpha value is -1.95. The van der Waals surface area contributed by atoms with Crippen LogP contribution in [-0.4, -0.2) is 37.9 Å². The number of aromatic nitrogens is 3. The molecule has 1 aromatic heterocycles. The molecule has 0 atom stereocenters. The van der Waals surface area contributed by atoms with E-state index in [1.807, 2.05) is 18.7 Å². The number of amides is 1. The average molecular weight is 337 g/mol. The van der Waals surface area contributed by atoms with Crippen LogP contribution in [0.15, 0.2) is 18.2 Å². The number of hydrogen-bond acceptors (Lipinski definition) is 3. The van der Waals surface area contributed by atoms with Gasteiger partial charge in [0, 0.05) is 12.1 Å². The van der Waals surface area contributed by atoms with E-state index < -0.39 is 5.82 Å². The van der Waals surface area contributed by atoms with Gasteiger partial charge in [-0.3, -0.25) is 4.79 Å². The molecule has 3 rings (SSSR count). The molecular formula is C16H18ClFN4O. The molecule has 1 aliphatic carbocycles. The minimum atomic E-state index is -0.496. The number of benzene rings is 1. The van der Waals surface area contributed by atoms with Crippen LogP contribution in [0.5, 0.6) is 0 Å². The van der Waals surface area contributed by atoms with Gasteiger partial charge in [-0.1, -0.05) is 16.8 Å². The van der Waals surface area contributed by atoms with Crippen molar-refractivity contribution in [1.29, 1.82) is 0 Å². The zero-order valence-corrected chi connectivity index (χ0v) is 14.0. The molecule has 1 heterocycles. The smallest absolute Gasteiger partial charge is 0.276 e. The number of halogens is 2. The highest BCUT2D eigenvalue weighted by atomic mass is 35.5. The minimum Gasteiger partial charge on any atom is -0.332 e. The summed E-state index contributed by atoms with van der Waals surface area (Å²) in [6.45, 7) is 5.77. The maximum Gasteiger partial charge on any atom is 0.276 e. The fourth-order valence-electron chi connectivity index (χ4n) is 2.69. The fraction of sp³-hybridized carbons (Fsp3) is 0.438. The Labute approximate surface area is 139 Å². The van der Waals surface area contributed by atoms with Crippen LogP contribution < -0.4 is 0 Å². The highest BCUT2D eigenvalue weighted by Gasteiger charge is 2.36. The van der Waals surface area contributed by atoms with Gasteiger partial charge in [-0.15, -0.1) is 5.10 Å². The minimum absolute atomic E-state index is 0.00654. The Bertz CT molecular complexity index is 753. The highest BCUT2D eigenvalue weighted by Crippen LogP contribution is 2.30. The zero-order chi connectivity index (χ0) is 16.7. The summed E-state index contributed by atoms with van der Waals surface area (Å²) in [5.74, 6) is -0.608. The molecule has 1 amide bonds. The number of carbonyl (C=O) groups excluding carboxylic acids is 1. The summed E-state index contributed by atoms with van der Waals surface area (Å²) in [4.78, 5) is 14.6. The number of carbonyl (C=O) groups is 1. The van der Waals surface area contributed by atoms with Crippen molar-refractivity contribution in [3.63, 3.8) is 0 Å². The third-order valence-corrected chi connectivity index (χ3v) is 4.27. The lowest BCUT2D eigenvalue weighted by atomic mass is 10.2. The van der Waals surface area contributed by atoms with Crippen molar-refractivity contribution in [2.75, 3.05) is 0 Å². The lowest BCUT2D eigenvalue weighted by Gasteiger charge is -2.25. The Morgan fingerprint density at radius 2 is 2.13 bits per heavy atom. The van der Waals surface area contributed by atoms with Crippen LogP contribution >= 0.6 is 11.6 Å². The van der Waals surface area contributed by atoms with Gasteiger partial charge in [-0.05, 0) is 51.8 Å². The molecule has 2 aromatic rings. The lowest BCUT2D eigenvalue weighted by molar-refractivity contribution is 0.0683. The van der Waals surface area contributed by atoms with Crippen LogP contribution in [0.1, 0.15) is 42.9 Å². The van der Waals surface area contributed by atoms with Crippen molar-refractivity contribution in [1.82, 2.24) is 19.9 Å². The van der Waals surface area contributed by atoms with Gasteiger partial charge in [-0.2, -0.15) is 0 Å². The summed E-state index contributed by atoms with van der Waals surface area (Å²) in [7, 11) is 0. The predicted molar refractivity (Wildman–Crippen MR) is 85.4 cm³/mol. The second kappa shape index (κ2) is 5.92. The van der Waals surface area contributed by atoms with E-state index in [1.165, 1.54) is 16.8 Å². The number of rotatable bonds is 4. The fourth-order valence-corrected chi connectivity index (χ4v) is 2.86. The molecular weight excluding hydrogens is 319 g/mol. The first kappa shape index (κ1) is 15.9. The van der Waals surface area contributed by atoms with Gasteiger partial charge in [0.25, 0.3) is 5.91 Å². The van der Waals surface area contributed by atoms with E-state index in [4.69, 9.17) is 11.6 Å². The maximum absolute atomic E-state index is 13.3. The largest absolute Gasteiger partial charge is 0.332 e. The van der Waals surface area contributed by atoms with Gasteiger partial charge in [0.15, 0.2) is 5.69 Å². The molecule has 1 aliphatic rings. The van der Waals surface area contributed by atoms with E-state index in [9.17, 15) is 9.18 Å². The van der Waals surface area contributed by atoms with E-state index in [2.05, 4.69) is 10.3 Å². The molecule has 0 radical (unpaired) electrons. The van der Waals surface area contributed by atoms with Gasteiger partial charge in [0.2, 0.25) is 0 Å². The van der Waals surface area contributed by atoms with Crippen molar-refractivity contribution < 1.29 is 9.18 Å². The standard InChI is InChI=1S/C16H18ClFN4O/c1-9(2)21(11-4-5-11)16(23)15-10(3)22(20-19-15)12-6-7-14(18)13(17)8-12/h6-9,11H,4-5H2,1-3H3. The SMILES string of the molecule is Cc1c(C(=O)N(C(C)C)C2CC2)nnn1-c1ccc(F)c(Cl)c1. The molecule has 0 bridgehead atoms. The van der Waals surface area contributed by atoms with Crippen molar-refractivity contribution in [2.45, 2.75) is 45.7 Å². The normalized spacial score (nSPS) is 14.3. The molecule has 0 saturated heterocycles. The highest BCUT2D eigenvalue weighted by molar-refractivity contribution is 6.30. The summed E-state index contributed by atoms with van der Waals surface area (Å²) in [5.41, 5.74) is 1.51.